The van der Waals surface area contributed by atoms with Gasteiger partial charge in [0.2, 0.25) is 10.0 Å². The van der Waals surface area contributed by atoms with Gasteiger partial charge in [0, 0.05) is 5.92 Å². The molecule has 4 nitrogen and oxygen atoms in total. The van der Waals surface area contributed by atoms with Crippen molar-refractivity contribution in [1.82, 2.24) is 0 Å². The lowest BCUT2D eigenvalue weighted by atomic mass is 10.1. The first-order valence-electron chi connectivity index (χ1n) is 7.23. The van der Waals surface area contributed by atoms with Crippen LogP contribution in [0.2, 0.25) is 0 Å². The Morgan fingerprint density at radius 3 is 2.75 bits per heavy atom. The van der Waals surface area contributed by atoms with Crippen LogP contribution in [0, 0.1) is 5.92 Å². The zero-order valence-corrected chi connectivity index (χ0v) is 12.8. The van der Waals surface area contributed by atoms with E-state index in [4.69, 9.17) is 9.88 Å². The predicted octanol–water partition coefficient (Wildman–Crippen LogP) is 2.26. The molecule has 0 aliphatic heterocycles. The molecule has 1 atom stereocenters. The molecule has 112 valence electrons. The number of hydrogen-bond acceptors (Lipinski definition) is 3. The molecule has 0 radical (unpaired) electrons. The minimum atomic E-state index is -3.44. The van der Waals surface area contributed by atoms with Gasteiger partial charge in [-0.1, -0.05) is 19.4 Å². The summed E-state index contributed by atoms with van der Waals surface area (Å²) in [6, 6.07) is 6.18. The van der Waals surface area contributed by atoms with Crippen molar-refractivity contribution < 1.29 is 13.2 Å². The molecular weight excluding hydrogens is 274 g/mol. The number of nitrogens with two attached hydrogens (primary N) is 1. The molecule has 0 heterocycles. The van der Waals surface area contributed by atoms with Crippen molar-refractivity contribution >= 4 is 10.0 Å². The molecule has 0 fully saturated rings. The molecule has 1 aromatic rings. The minimum Gasteiger partial charge on any atom is -0.493 e. The molecule has 1 unspecified atom stereocenters. The number of aryl methyl sites for hydroxylation is 2. The number of hydrogen-bond donors (Lipinski definition) is 1. The normalized spacial score (nSPS) is 15.9. The SMILES string of the molecule is CCCC(COc1ccc2c(c1)CCC2)CS(N)(=O)=O. The van der Waals surface area contributed by atoms with Gasteiger partial charge in [-0.05, 0) is 48.9 Å². The smallest absolute Gasteiger partial charge is 0.209 e. The Morgan fingerprint density at radius 1 is 1.30 bits per heavy atom. The molecule has 0 amide bonds. The Labute approximate surface area is 121 Å². The summed E-state index contributed by atoms with van der Waals surface area (Å²) in [5.74, 6) is 0.788. The quantitative estimate of drug-likeness (QED) is 0.839. The van der Waals surface area contributed by atoms with Gasteiger partial charge < -0.3 is 4.74 Å². The number of ether oxygens (including phenoxy) is 1. The van der Waals surface area contributed by atoms with Crippen molar-refractivity contribution in [3.63, 3.8) is 0 Å². The lowest BCUT2D eigenvalue weighted by molar-refractivity contribution is 0.252. The number of sulfonamides is 1. The summed E-state index contributed by atoms with van der Waals surface area (Å²) >= 11 is 0. The van der Waals surface area contributed by atoms with Gasteiger partial charge in [-0.25, -0.2) is 13.6 Å². The van der Waals surface area contributed by atoms with Crippen LogP contribution in [0.15, 0.2) is 18.2 Å². The van der Waals surface area contributed by atoms with Crippen LogP contribution in [0.25, 0.3) is 0 Å². The molecule has 1 aromatic carbocycles. The van der Waals surface area contributed by atoms with E-state index in [1.54, 1.807) is 0 Å². The van der Waals surface area contributed by atoms with Gasteiger partial charge >= 0.3 is 0 Å². The average molecular weight is 297 g/mol. The fourth-order valence-corrected chi connectivity index (χ4v) is 3.72. The zero-order chi connectivity index (χ0) is 14.6. The second-order valence-corrected chi connectivity index (χ2v) is 7.24. The first-order valence-corrected chi connectivity index (χ1v) is 8.94. The fraction of sp³-hybridized carbons (Fsp3) is 0.600. The summed E-state index contributed by atoms with van der Waals surface area (Å²) in [5, 5.41) is 5.13. The lowest BCUT2D eigenvalue weighted by Gasteiger charge is -2.16. The second-order valence-electron chi connectivity index (χ2n) is 5.58. The molecule has 0 aromatic heterocycles. The first-order chi connectivity index (χ1) is 9.48. The Bertz CT molecular complexity index is 554. The fourth-order valence-electron chi connectivity index (χ4n) is 2.80. The largest absolute Gasteiger partial charge is 0.493 e. The van der Waals surface area contributed by atoms with Crippen LogP contribution in [0.3, 0.4) is 0 Å². The molecule has 20 heavy (non-hydrogen) atoms. The molecule has 1 aliphatic carbocycles. The highest BCUT2D eigenvalue weighted by Gasteiger charge is 2.17. The maximum absolute atomic E-state index is 11.2. The van der Waals surface area contributed by atoms with Crippen LogP contribution in [-0.2, 0) is 22.9 Å². The van der Waals surface area contributed by atoms with Crippen molar-refractivity contribution in [2.45, 2.75) is 39.0 Å². The molecule has 2 rings (SSSR count). The maximum atomic E-state index is 11.2. The third-order valence-electron chi connectivity index (χ3n) is 3.72. The highest BCUT2D eigenvalue weighted by atomic mass is 32.2. The molecule has 0 saturated heterocycles. The number of benzene rings is 1. The van der Waals surface area contributed by atoms with Crippen LogP contribution >= 0.6 is 0 Å². The third kappa shape index (κ3) is 4.49. The maximum Gasteiger partial charge on any atom is 0.209 e. The van der Waals surface area contributed by atoms with E-state index in [1.807, 2.05) is 13.0 Å². The number of fused-ring (bicyclic) bond motifs is 1. The molecule has 2 N–H and O–H groups in total. The Balaban J connectivity index is 1.95. The average Bonchev–Trinajstić information content (AvgIpc) is 2.81. The Kier molecular flexibility index (Phi) is 5.05. The van der Waals surface area contributed by atoms with Gasteiger partial charge in [0.25, 0.3) is 0 Å². The van der Waals surface area contributed by atoms with E-state index in [9.17, 15) is 8.42 Å². The highest BCUT2D eigenvalue weighted by Crippen LogP contribution is 2.26. The monoisotopic (exact) mass is 297 g/mol. The van der Waals surface area contributed by atoms with E-state index < -0.39 is 10.0 Å². The van der Waals surface area contributed by atoms with Crippen LogP contribution in [0.4, 0.5) is 0 Å². The minimum absolute atomic E-state index is 0.00815. The summed E-state index contributed by atoms with van der Waals surface area (Å²) < 4.78 is 28.2. The summed E-state index contributed by atoms with van der Waals surface area (Å²) in [5.41, 5.74) is 2.77. The number of primary sulfonamides is 1. The molecule has 5 heteroatoms. The van der Waals surface area contributed by atoms with E-state index >= 15 is 0 Å². The van der Waals surface area contributed by atoms with Gasteiger partial charge in [0.15, 0.2) is 0 Å². The molecule has 0 saturated carbocycles. The molecule has 0 spiro atoms. The zero-order valence-electron chi connectivity index (χ0n) is 12.0. The van der Waals surface area contributed by atoms with E-state index in [-0.39, 0.29) is 11.7 Å². The van der Waals surface area contributed by atoms with Crippen molar-refractivity contribution in [2.75, 3.05) is 12.4 Å². The first kappa shape index (κ1) is 15.3. The molecule has 1 aliphatic rings. The van der Waals surface area contributed by atoms with Gasteiger partial charge in [-0.3, -0.25) is 0 Å². The van der Waals surface area contributed by atoms with Crippen LogP contribution < -0.4 is 9.88 Å². The highest BCUT2D eigenvalue weighted by molar-refractivity contribution is 7.89. The van der Waals surface area contributed by atoms with E-state index in [1.165, 1.54) is 17.5 Å². The van der Waals surface area contributed by atoms with Gasteiger partial charge in [-0.2, -0.15) is 0 Å². The summed E-state index contributed by atoms with van der Waals surface area (Å²) in [6.07, 6.45) is 5.21. The number of rotatable bonds is 7. The van der Waals surface area contributed by atoms with Crippen LogP contribution in [0.1, 0.15) is 37.3 Å². The molecule has 0 bridgehead atoms. The van der Waals surface area contributed by atoms with E-state index in [2.05, 4.69) is 12.1 Å². The van der Waals surface area contributed by atoms with Crippen molar-refractivity contribution in [3.05, 3.63) is 29.3 Å². The van der Waals surface area contributed by atoms with Gasteiger partial charge in [-0.15, -0.1) is 0 Å². The van der Waals surface area contributed by atoms with Crippen molar-refractivity contribution in [2.24, 2.45) is 11.1 Å². The summed E-state index contributed by atoms with van der Waals surface area (Å²) in [4.78, 5) is 0. The Morgan fingerprint density at radius 2 is 2.05 bits per heavy atom. The molecular formula is C15H23NO3S. The predicted molar refractivity (Wildman–Crippen MR) is 80.3 cm³/mol. The van der Waals surface area contributed by atoms with Crippen LogP contribution in [-0.4, -0.2) is 20.8 Å². The Hall–Kier alpha value is -1.07. The van der Waals surface area contributed by atoms with E-state index in [0.717, 1.165) is 31.4 Å². The van der Waals surface area contributed by atoms with Crippen molar-refractivity contribution in [1.29, 1.82) is 0 Å². The van der Waals surface area contributed by atoms with Gasteiger partial charge in [0.05, 0.1) is 12.4 Å². The lowest BCUT2D eigenvalue weighted by Crippen LogP contribution is -2.27. The topological polar surface area (TPSA) is 69.4 Å². The third-order valence-corrected chi connectivity index (χ3v) is 4.66. The summed E-state index contributed by atoms with van der Waals surface area (Å²) in [7, 11) is -3.44. The summed E-state index contributed by atoms with van der Waals surface area (Å²) in [6.45, 7) is 2.44. The van der Waals surface area contributed by atoms with Crippen molar-refractivity contribution in [3.8, 4) is 5.75 Å². The van der Waals surface area contributed by atoms with Gasteiger partial charge in [0.1, 0.15) is 5.75 Å². The van der Waals surface area contributed by atoms with Crippen LogP contribution in [0.5, 0.6) is 5.75 Å². The standard InChI is InChI=1S/C15H23NO3S/c1-2-4-12(11-20(16,17)18)10-19-15-8-7-13-5-3-6-14(13)9-15/h7-9,12H,2-6,10-11H2,1H3,(H2,16,17,18). The second kappa shape index (κ2) is 6.59. The van der Waals surface area contributed by atoms with E-state index in [0.29, 0.717) is 6.61 Å².